The van der Waals surface area contributed by atoms with Gasteiger partial charge >= 0.3 is 23.9 Å². The summed E-state index contributed by atoms with van der Waals surface area (Å²) < 4.78 is 0. The van der Waals surface area contributed by atoms with E-state index in [-0.39, 0.29) is 0 Å². The van der Waals surface area contributed by atoms with Gasteiger partial charge in [-0.2, -0.15) is 0 Å². The number of aliphatic hydroxyl groups is 1. The lowest BCUT2D eigenvalue weighted by Crippen LogP contribution is -2.39. The van der Waals surface area contributed by atoms with Crippen molar-refractivity contribution < 1.29 is 44.7 Å². The molecular formula is C22H51N7O9. The van der Waals surface area contributed by atoms with Gasteiger partial charge in [0.2, 0.25) is 0 Å². The minimum absolute atomic E-state index is 0.520. The lowest BCUT2D eigenvalue weighted by Gasteiger charge is -2.06. The highest BCUT2D eigenvalue weighted by Crippen LogP contribution is 1.98. The van der Waals surface area contributed by atoms with Crippen molar-refractivity contribution in [2.45, 2.75) is 95.0 Å². The molecule has 0 aliphatic carbocycles. The number of carboxylic acids is 4. The van der Waals surface area contributed by atoms with Crippen LogP contribution in [0.1, 0.15) is 64.7 Å². The molecule has 0 amide bonds. The molecule has 0 radical (unpaired) electrons. The molecule has 19 N–H and O–H groups in total. The fourth-order valence-corrected chi connectivity index (χ4v) is 2.10. The van der Waals surface area contributed by atoms with Gasteiger partial charge in [0.15, 0.2) is 0 Å². The molecule has 0 aromatic carbocycles. The Morgan fingerprint density at radius 2 is 0.763 bits per heavy atom. The molecule has 0 aromatic heterocycles. The van der Waals surface area contributed by atoms with Gasteiger partial charge in [-0.3, -0.25) is 19.2 Å². The largest absolute Gasteiger partial charge is 0.480 e. The molecule has 5 atom stereocenters. The fourth-order valence-electron chi connectivity index (χ4n) is 2.10. The number of unbranched alkanes of at least 4 members (excludes halogenated alkanes) is 3. The molecule has 0 saturated carbocycles. The van der Waals surface area contributed by atoms with Crippen LogP contribution in [0, 0.1) is 0 Å². The predicted molar refractivity (Wildman–Crippen MR) is 143 cm³/mol. The highest BCUT2D eigenvalue weighted by Gasteiger charge is 2.16. The van der Waals surface area contributed by atoms with E-state index in [1.807, 2.05) is 0 Å². The van der Waals surface area contributed by atoms with Crippen molar-refractivity contribution in [1.29, 1.82) is 0 Å². The fraction of sp³-hybridized carbons (Fsp3) is 0.818. The molecule has 0 aromatic rings. The summed E-state index contributed by atoms with van der Waals surface area (Å²) in [4.78, 5) is 40.3. The van der Waals surface area contributed by atoms with E-state index in [0.717, 1.165) is 38.5 Å². The lowest BCUT2D eigenvalue weighted by atomic mass is 10.1. The van der Waals surface area contributed by atoms with Crippen LogP contribution in [0.4, 0.5) is 0 Å². The van der Waals surface area contributed by atoms with E-state index in [2.05, 4.69) is 0 Å². The van der Waals surface area contributed by atoms with Crippen molar-refractivity contribution in [3.05, 3.63) is 0 Å². The van der Waals surface area contributed by atoms with Gasteiger partial charge in [0.1, 0.15) is 24.2 Å². The number of carbonyl (C=O) groups is 4. The Bertz CT molecular complexity index is 552. The zero-order valence-corrected chi connectivity index (χ0v) is 22.3. The minimum Gasteiger partial charge on any atom is -0.480 e. The second-order valence-corrected chi connectivity index (χ2v) is 8.29. The number of carboxylic acid groups (broad SMARTS) is 4. The van der Waals surface area contributed by atoms with Gasteiger partial charge in [0.25, 0.3) is 0 Å². The maximum atomic E-state index is 10.1. The van der Waals surface area contributed by atoms with Crippen molar-refractivity contribution in [3.8, 4) is 0 Å². The van der Waals surface area contributed by atoms with Crippen molar-refractivity contribution in [3.63, 3.8) is 0 Å². The Morgan fingerprint density at radius 3 is 0.868 bits per heavy atom. The van der Waals surface area contributed by atoms with Crippen molar-refractivity contribution >= 4 is 23.9 Å². The first-order chi connectivity index (χ1) is 17.6. The summed E-state index contributed by atoms with van der Waals surface area (Å²) in [5.41, 5.74) is 36.2. The third kappa shape index (κ3) is 33.6. The van der Waals surface area contributed by atoms with Crippen LogP contribution in [0.3, 0.4) is 0 Å². The Labute approximate surface area is 223 Å². The van der Waals surface area contributed by atoms with Crippen LogP contribution in [0.2, 0.25) is 0 Å². The molecule has 0 unspecified atom stereocenters. The summed E-state index contributed by atoms with van der Waals surface area (Å²) in [7, 11) is 0. The number of hydrogen-bond acceptors (Lipinski definition) is 12. The van der Waals surface area contributed by atoms with Gasteiger partial charge < -0.3 is 65.7 Å². The van der Waals surface area contributed by atoms with Gasteiger partial charge in [-0.1, -0.05) is 19.3 Å². The van der Waals surface area contributed by atoms with Gasteiger partial charge in [0.05, 0.1) is 6.10 Å². The van der Waals surface area contributed by atoms with Gasteiger partial charge in [0, 0.05) is 0 Å². The number of hydrogen-bond donors (Lipinski definition) is 12. The zero-order valence-electron chi connectivity index (χ0n) is 22.3. The third-order valence-electron chi connectivity index (χ3n) is 4.66. The van der Waals surface area contributed by atoms with Crippen LogP contribution < -0.4 is 40.1 Å². The standard InChI is InChI=1S/3C6H14N2O2.C4H9NO3/c3*7-4-2-1-3-5(8)6(9)10;1-2(6)3(5)4(7)8/h3*5H,1-4,7-8H2,(H,9,10);2-3,6H,5H2,1H3,(H,7,8)/t3*5-;2-,3+/m0001/s1. The summed E-state index contributed by atoms with van der Waals surface area (Å²) >= 11 is 0. The second kappa shape index (κ2) is 29.1. The Morgan fingerprint density at radius 1 is 0.526 bits per heavy atom. The van der Waals surface area contributed by atoms with E-state index in [0.29, 0.717) is 38.9 Å². The maximum absolute atomic E-state index is 10.1. The second-order valence-electron chi connectivity index (χ2n) is 8.29. The highest BCUT2D eigenvalue weighted by atomic mass is 16.4. The predicted octanol–water partition coefficient (Wildman–Crippen LogP) is -2.64. The van der Waals surface area contributed by atoms with Gasteiger partial charge in [-0.15, -0.1) is 0 Å². The molecule has 16 nitrogen and oxygen atoms in total. The Kier molecular flexibility index (Phi) is 32.7. The third-order valence-corrected chi connectivity index (χ3v) is 4.66. The molecule has 0 saturated heterocycles. The molecular weight excluding hydrogens is 506 g/mol. The quantitative estimate of drug-likeness (QED) is 0.0812. The van der Waals surface area contributed by atoms with Gasteiger partial charge in [-0.25, -0.2) is 0 Å². The van der Waals surface area contributed by atoms with Crippen LogP contribution >= 0.6 is 0 Å². The first kappa shape index (κ1) is 42.6. The molecule has 0 heterocycles. The summed E-state index contributed by atoms with van der Waals surface area (Å²) in [5, 5.41) is 41.5. The highest BCUT2D eigenvalue weighted by molar-refractivity contribution is 5.74. The van der Waals surface area contributed by atoms with E-state index < -0.39 is 54.1 Å². The first-order valence-electron chi connectivity index (χ1n) is 12.3. The minimum atomic E-state index is -1.18. The summed E-state index contributed by atoms with van der Waals surface area (Å²) in [6, 6.07) is -3.31. The van der Waals surface area contributed by atoms with Crippen LogP contribution in [0.15, 0.2) is 0 Å². The Balaban J connectivity index is -0.000000204. The molecule has 0 bridgehead atoms. The number of nitrogens with two attached hydrogens (primary N) is 7. The molecule has 0 fully saturated rings. The van der Waals surface area contributed by atoms with Crippen LogP contribution in [0.5, 0.6) is 0 Å². The molecule has 0 rings (SSSR count). The zero-order chi connectivity index (χ0) is 30.7. The van der Waals surface area contributed by atoms with Crippen LogP contribution in [-0.4, -0.2) is 99.3 Å². The SMILES string of the molecule is C[C@@H](O)[C@H](N)C(=O)O.NCCCC[C@H](N)C(=O)O.NCCCC[C@H](N)C(=O)O.NCCCC[C@H](N)C(=O)O. The monoisotopic (exact) mass is 557 g/mol. The smallest absolute Gasteiger partial charge is 0.323 e. The summed E-state index contributed by atoms with van der Waals surface area (Å²) in [6.07, 6.45) is 5.51. The van der Waals surface area contributed by atoms with Gasteiger partial charge in [-0.05, 0) is 65.1 Å². The van der Waals surface area contributed by atoms with E-state index in [1.165, 1.54) is 6.92 Å². The number of aliphatic carboxylic acids is 4. The van der Waals surface area contributed by atoms with E-state index >= 15 is 0 Å². The first-order valence-corrected chi connectivity index (χ1v) is 12.3. The molecule has 38 heavy (non-hydrogen) atoms. The van der Waals surface area contributed by atoms with Crippen molar-refractivity contribution in [2.75, 3.05) is 19.6 Å². The van der Waals surface area contributed by atoms with E-state index in [1.54, 1.807) is 0 Å². The van der Waals surface area contributed by atoms with Crippen LogP contribution in [-0.2, 0) is 19.2 Å². The number of aliphatic hydroxyl groups excluding tert-OH is 1. The summed E-state index contributed by atoms with van der Waals surface area (Å²) in [5.74, 6) is -3.98. The van der Waals surface area contributed by atoms with E-state index in [9.17, 15) is 19.2 Å². The molecule has 0 aliphatic rings. The Hall–Kier alpha value is -2.44. The summed E-state index contributed by atoms with van der Waals surface area (Å²) in [6.45, 7) is 3.14. The maximum Gasteiger partial charge on any atom is 0.323 e. The van der Waals surface area contributed by atoms with Crippen molar-refractivity contribution in [2.24, 2.45) is 40.1 Å². The number of rotatable bonds is 17. The van der Waals surface area contributed by atoms with Crippen molar-refractivity contribution in [1.82, 2.24) is 0 Å². The molecule has 16 heteroatoms. The average molecular weight is 558 g/mol. The van der Waals surface area contributed by atoms with E-state index in [4.69, 9.17) is 65.7 Å². The molecule has 0 aliphatic heterocycles. The lowest BCUT2D eigenvalue weighted by molar-refractivity contribution is -0.141. The average Bonchev–Trinajstić information content (AvgIpc) is 2.84. The molecule has 228 valence electrons. The topological polar surface area (TPSA) is 352 Å². The normalized spacial score (nSPS) is 13.9. The van der Waals surface area contributed by atoms with Crippen LogP contribution in [0.25, 0.3) is 0 Å². The molecule has 0 spiro atoms.